The van der Waals surface area contributed by atoms with Crippen molar-refractivity contribution in [2.24, 2.45) is 22.7 Å². The summed E-state index contributed by atoms with van der Waals surface area (Å²) in [6.45, 7) is 12.0. The van der Waals surface area contributed by atoms with Crippen molar-refractivity contribution in [3.8, 4) is 11.3 Å². The molecule has 304 valence electrons. The van der Waals surface area contributed by atoms with E-state index in [1.807, 2.05) is 145 Å². The smallest absolute Gasteiger partial charge is 0.306 e. The number of carbonyl (C=O) groups excluding carboxylic acids is 4. The van der Waals surface area contributed by atoms with Crippen LogP contribution in [0.4, 0.5) is 0 Å². The summed E-state index contributed by atoms with van der Waals surface area (Å²) in [5.74, 6) is -2.33. The first-order valence-corrected chi connectivity index (χ1v) is 19.4. The Morgan fingerprint density at radius 2 is 1.42 bits per heavy atom. The fourth-order valence-corrected chi connectivity index (χ4v) is 6.75. The van der Waals surface area contributed by atoms with E-state index >= 15 is 0 Å². The third kappa shape index (κ3) is 14.7. The molecule has 0 saturated carbocycles. The van der Waals surface area contributed by atoms with Crippen LogP contribution < -0.4 is 10.7 Å². The van der Waals surface area contributed by atoms with Gasteiger partial charge in [0.25, 0.3) is 6.47 Å². The maximum absolute atomic E-state index is 14.2. The van der Waals surface area contributed by atoms with E-state index < -0.39 is 40.8 Å². The van der Waals surface area contributed by atoms with Gasteiger partial charge in [-0.3, -0.25) is 34.9 Å². The number of aliphatic hydroxyl groups is 1. The molecule has 0 spiro atoms. The molecule has 0 saturated heterocycles. The third-order valence-electron chi connectivity index (χ3n) is 9.91. The highest BCUT2D eigenvalue weighted by atomic mass is 16.5. The number of rotatable bonds is 21. The molecule has 1 aromatic heterocycles. The van der Waals surface area contributed by atoms with Crippen LogP contribution in [0.1, 0.15) is 71.1 Å². The topological polar surface area (TPSA) is 147 Å². The molecule has 0 unspecified atom stereocenters. The molecule has 0 fully saturated rings. The van der Waals surface area contributed by atoms with Crippen LogP contribution in [0.15, 0.2) is 109 Å². The standard InChI is InChI=1S/C46H58N4O7/c1-45(2,3)38(27-42(54)57-30-35-17-11-8-12-18-35)44(55)49-50(28-34-20-22-36(23-21-34)39-19-13-14-24-47-39)29-41(53)37(25-33-15-9-7-10-16-33)26-40(52)43(46(4,5)6)48-31-56-32-51/h7-24,32,37-38,41,43,48,53H,25-31H2,1-6H3,(H,49,55)/t37-,38-,41+,43-/m1/s1. The van der Waals surface area contributed by atoms with Gasteiger partial charge in [0.15, 0.2) is 5.78 Å². The molecule has 11 heteroatoms. The molecule has 1 heterocycles. The van der Waals surface area contributed by atoms with E-state index in [0.29, 0.717) is 12.9 Å². The first-order valence-electron chi connectivity index (χ1n) is 19.4. The van der Waals surface area contributed by atoms with Crippen LogP contribution in [0.3, 0.4) is 0 Å². The Morgan fingerprint density at radius 1 is 0.789 bits per heavy atom. The fourth-order valence-electron chi connectivity index (χ4n) is 6.75. The van der Waals surface area contributed by atoms with E-state index in [9.17, 15) is 24.3 Å². The monoisotopic (exact) mass is 778 g/mol. The number of hydrogen-bond acceptors (Lipinski definition) is 10. The van der Waals surface area contributed by atoms with Gasteiger partial charge >= 0.3 is 5.97 Å². The SMILES string of the molecule is CC(C)(C)[C@H](CC(=O)OCc1ccccc1)C(=O)NN(Cc1ccc(-c2ccccn2)cc1)C[C@H](O)[C@@H](CC(=O)[C@@H](NCOC=O)C(C)(C)C)Cc1ccccc1. The molecule has 0 radical (unpaired) electrons. The highest BCUT2D eigenvalue weighted by Crippen LogP contribution is 2.30. The molecule has 3 N–H and O–H groups in total. The van der Waals surface area contributed by atoms with Gasteiger partial charge in [-0.2, -0.15) is 0 Å². The highest BCUT2D eigenvalue weighted by Gasteiger charge is 2.37. The molecule has 1 amide bonds. The Morgan fingerprint density at radius 3 is 2.00 bits per heavy atom. The number of pyridine rings is 1. The van der Waals surface area contributed by atoms with E-state index in [0.717, 1.165) is 27.9 Å². The molecule has 11 nitrogen and oxygen atoms in total. The zero-order valence-electron chi connectivity index (χ0n) is 34.0. The predicted molar refractivity (Wildman–Crippen MR) is 220 cm³/mol. The highest BCUT2D eigenvalue weighted by molar-refractivity contribution is 5.85. The van der Waals surface area contributed by atoms with E-state index in [2.05, 4.69) is 15.7 Å². The molecular weight excluding hydrogens is 721 g/mol. The lowest BCUT2D eigenvalue weighted by Gasteiger charge is -2.35. The number of hydrazine groups is 1. The Bertz CT molecular complexity index is 1840. The summed E-state index contributed by atoms with van der Waals surface area (Å²) in [6, 6.07) is 31.9. The van der Waals surface area contributed by atoms with Gasteiger partial charge in [0.2, 0.25) is 5.91 Å². The van der Waals surface area contributed by atoms with E-state index in [1.54, 1.807) is 11.2 Å². The average molecular weight is 779 g/mol. The van der Waals surface area contributed by atoms with Gasteiger partial charge < -0.3 is 14.6 Å². The molecule has 0 bridgehead atoms. The zero-order chi connectivity index (χ0) is 41.4. The van der Waals surface area contributed by atoms with Crippen molar-refractivity contribution in [2.45, 2.75) is 86.1 Å². The lowest BCUT2D eigenvalue weighted by atomic mass is 9.78. The van der Waals surface area contributed by atoms with Gasteiger partial charge in [-0.05, 0) is 52.0 Å². The van der Waals surface area contributed by atoms with Crippen molar-refractivity contribution in [3.05, 3.63) is 126 Å². The minimum absolute atomic E-state index is 0.0182. The van der Waals surface area contributed by atoms with Gasteiger partial charge in [0.1, 0.15) is 13.3 Å². The van der Waals surface area contributed by atoms with Gasteiger partial charge in [-0.15, -0.1) is 0 Å². The number of nitrogens with one attached hydrogen (secondary N) is 2. The van der Waals surface area contributed by atoms with Crippen molar-refractivity contribution < 1.29 is 33.8 Å². The van der Waals surface area contributed by atoms with Crippen LogP contribution in [0.25, 0.3) is 11.3 Å². The van der Waals surface area contributed by atoms with E-state index in [1.165, 1.54) is 0 Å². The Kier molecular flexibility index (Phi) is 16.7. The molecular formula is C46H58N4O7. The number of amides is 1. The number of carbonyl (C=O) groups is 4. The summed E-state index contributed by atoms with van der Waals surface area (Å²) in [7, 11) is 0. The first-order chi connectivity index (χ1) is 27.1. The molecule has 4 rings (SSSR count). The van der Waals surface area contributed by atoms with Crippen LogP contribution in [0, 0.1) is 22.7 Å². The predicted octanol–water partition coefficient (Wildman–Crippen LogP) is 6.69. The second-order valence-corrected chi connectivity index (χ2v) is 16.6. The molecule has 0 aliphatic rings. The normalized spacial score (nSPS) is 13.9. The summed E-state index contributed by atoms with van der Waals surface area (Å²) >= 11 is 0. The number of ether oxygens (including phenoxy) is 2. The molecule has 4 aromatic rings. The molecule has 0 aliphatic carbocycles. The van der Waals surface area contributed by atoms with Crippen LogP contribution >= 0.6 is 0 Å². The zero-order valence-corrected chi connectivity index (χ0v) is 34.0. The van der Waals surface area contributed by atoms with Gasteiger partial charge in [-0.1, -0.05) is 133 Å². The largest absolute Gasteiger partial charge is 0.461 e. The van der Waals surface area contributed by atoms with E-state index in [4.69, 9.17) is 9.47 Å². The van der Waals surface area contributed by atoms with Gasteiger partial charge in [-0.25, -0.2) is 5.01 Å². The molecule has 3 aromatic carbocycles. The van der Waals surface area contributed by atoms with Crippen LogP contribution in [0.5, 0.6) is 0 Å². The van der Waals surface area contributed by atoms with Crippen LogP contribution in [0.2, 0.25) is 0 Å². The number of nitrogens with zero attached hydrogens (tertiary/aromatic N) is 2. The maximum Gasteiger partial charge on any atom is 0.306 e. The van der Waals surface area contributed by atoms with Crippen molar-refractivity contribution in [1.82, 2.24) is 20.7 Å². The molecule has 57 heavy (non-hydrogen) atoms. The quantitative estimate of drug-likeness (QED) is 0.0275. The van der Waals surface area contributed by atoms with Crippen molar-refractivity contribution in [3.63, 3.8) is 0 Å². The Labute approximate surface area is 337 Å². The van der Waals surface area contributed by atoms with E-state index in [-0.39, 0.29) is 51.0 Å². The van der Waals surface area contributed by atoms with Crippen molar-refractivity contribution >= 4 is 24.1 Å². The minimum atomic E-state index is -1.07. The van der Waals surface area contributed by atoms with Gasteiger partial charge in [0, 0.05) is 31.3 Å². The number of Topliss-reactive ketones (excluding diaryl/α,β-unsaturated/α-hetero) is 1. The lowest BCUT2D eigenvalue weighted by molar-refractivity contribution is -0.151. The number of aromatic nitrogens is 1. The summed E-state index contributed by atoms with van der Waals surface area (Å²) in [6.07, 6.45) is 0.939. The van der Waals surface area contributed by atoms with Crippen molar-refractivity contribution in [1.29, 1.82) is 0 Å². The molecule has 0 aliphatic heterocycles. The third-order valence-corrected chi connectivity index (χ3v) is 9.91. The number of ketones is 1. The Balaban J connectivity index is 1.60. The number of benzene rings is 3. The Hall–Kier alpha value is -5.23. The van der Waals surface area contributed by atoms with Crippen LogP contribution in [-0.4, -0.2) is 64.7 Å². The number of esters is 1. The molecule has 4 atom stereocenters. The number of aliphatic hydroxyl groups excluding tert-OH is 1. The minimum Gasteiger partial charge on any atom is -0.461 e. The van der Waals surface area contributed by atoms with Crippen molar-refractivity contribution in [2.75, 3.05) is 13.3 Å². The second-order valence-electron chi connectivity index (χ2n) is 16.6. The summed E-state index contributed by atoms with van der Waals surface area (Å²) in [5.41, 5.74) is 6.32. The van der Waals surface area contributed by atoms with Crippen LogP contribution in [-0.2, 0) is 48.2 Å². The summed E-state index contributed by atoms with van der Waals surface area (Å²) in [5, 5.41) is 16.8. The number of hydrogen-bond donors (Lipinski definition) is 3. The first kappa shape index (κ1) is 44.5. The second kappa shape index (κ2) is 21.3. The summed E-state index contributed by atoms with van der Waals surface area (Å²) < 4.78 is 10.4. The maximum atomic E-state index is 14.2. The fraction of sp³-hybridized carbons (Fsp3) is 0.413. The van der Waals surface area contributed by atoms with Gasteiger partial charge in [0.05, 0.1) is 30.2 Å². The lowest BCUT2D eigenvalue weighted by Crippen LogP contribution is -2.52. The summed E-state index contributed by atoms with van der Waals surface area (Å²) in [4.78, 5) is 56.7. The average Bonchev–Trinajstić information content (AvgIpc) is 3.18.